The normalized spacial score (nSPS) is 20.3. The average molecular weight is 788 g/mol. The van der Waals surface area contributed by atoms with Crippen LogP contribution in [0.1, 0.15) is 72.1 Å². The second kappa shape index (κ2) is 16.4. The average Bonchev–Trinajstić information content (AvgIpc) is 3.67. The Kier molecular flexibility index (Phi) is 11.6. The minimum atomic E-state index is -4.08. The minimum Gasteiger partial charge on any atom is -0.490 e. The number of rotatable bonds is 9. The highest BCUT2D eigenvalue weighted by Gasteiger charge is 2.44. The fourth-order valence-electron chi connectivity index (χ4n) is 7.79. The van der Waals surface area contributed by atoms with E-state index in [1.54, 1.807) is 17.0 Å². The molecular weight excluding hydrogens is 738 g/mol. The van der Waals surface area contributed by atoms with E-state index in [0.717, 1.165) is 40.5 Å². The molecule has 0 unspecified atom stereocenters. The van der Waals surface area contributed by atoms with Crippen molar-refractivity contribution in [2.45, 2.75) is 107 Å². The van der Waals surface area contributed by atoms with E-state index < -0.39 is 27.8 Å². The van der Waals surface area contributed by atoms with Crippen LogP contribution in [0.3, 0.4) is 0 Å². The molecule has 7 rings (SSSR count). The number of fused-ring (bicyclic) bond motifs is 1. The molecule has 0 bridgehead atoms. The summed E-state index contributed by atoms with van der Waals surface area (Å²) in [6.45, 7) is 6.31. The summed E-state index contributed by atoms with van der Waals surface area (Å²) in [5.74, 6) is 1.16. The molecule has 4 aromatic rings. The van der Waals surface area contributed by atoms with E-state index in [0.29, 0.717) is 43.1 Å². The van der Waals surface area contributed by atoms with E-state index in [4.69, 9.17) is 25.8 Å². The zero-order chi connectivity index (χ0) is 38.7. The third-order valence-electron chi connectivity index (χ3n) is 10.6. The van der Waals surface area contributed by atoms with Crippen LogP contribution in [0.25, 0.3) is 21.9 Å². The number of benzene rings is 4. The smallest absolute Gasteiger partial charge is 0.407 e. The number of nitrogens with one attached hydrogen (secondary N) is 1. The Bertz CT molecular complexity index is 2090. The van der Waals surface area contributed by atoms with Gasteiger partial charge in [-0.25, -0.2) is 13.2 Å². The summed E-state index contributed by atoms with van der Waals surface area (Å²) in [6, 6.07) is 25.1. The summed E-state index contributed by atoms with van der Waals surface area (Å²) in [5, 5.41) is 5.25. The fourth-order valence-corrected chi connectivity index (χ4v) is 9.56. The molecule has 1 saturated carbocycles. The van der Waals surface area contributed by atoms with Gasteiger partial charge in [0.15, 0.2) is 0 Å². The summed E-state index contributed by atoms with van der Waals surface area (Å²) >= 11 is 6.07. The van der Waals surface area contributed by atoms with Crippen molar-refractivity contribution in [2.24, 2.45) is 0 Å². The van der Waals surface area contributed by atoms with Gasteiger partial charge in [0.1, 0.15) is 29.2 Å². The zero-order valence-corrected chi connectivity index (χ0v) is 33.3. The first kappa shape index (κ1) is 38.9. The summed E-state index contributed by atoms with van der Waals surface area (Å²) in [5.41, 5.74) is 1.41. The van der Waals surface area contributed by atoms with Crippen LogP contribution < -0.4 is 14.8 Å². The molecule has 2 aliphatic heterocycles. The molecule has 10 nitrogen and oxygen atoms in total. The molecule has 12 heteroatoms. The Labute approximate surface area is 329 Å². The van der Waals surface area contributed by atoms with Gasteiger partial charge in [-0.1, -0.05) is 48.0 Å². The number of likely N-dealkylation sites (tertiary alicyclic amines) is 1. The maximum Gasteiger partial charge on any atom is 0.407 e. The number of amides is 2. The van der Waals surface area contributed by atoms with Gasteiger partial charge in [0.2, 0.25) is 15.9 Å². The van der Waals surface area contributed by atoms with Crippen LogP contribution in [0.2, 0.25) is 5.02 Å². The van der Waals surface area contributed by atoms with Crippen molar-refractivity contribution >= 4 is 44.4 Å². The van der Waals surface area contributed by atoms with Crippen molar-refractivity contribution in [2.75, 3.05) is 19.6 Å². The predicted octanol–water partition coefficient (Wildman–Crippen LogP) is 8.60. The zero-order valence-electron chi connectivity index (χ0n) is 31.7. The maximum absolute atomic E-state index is 14.5. The second-order valence-corrected chi connectivity index (χ2v) is 18.2. The monoisotopic (exact) mass is 787 g/mol. The number of sulfonamides is 1. The first-order chi connectivity index (χ1) is 26.3. The Morgan fingerprint density at radius 1 is 0.727 bits per heavy atom. The molecule has 4 aromatic carbocycles. The van der Waals surface area contributed by atoms with Crippen molar-refractivity contribution in [3.8, 4) is 22.6 Å². The van der Waals surface area contributed by atoms with Gasteiger partial charge in [-0.15, -0.1) is 0 Å². The van der Waals surface area contributed by atoms with Crippen LogP contribution in [0, 0.1) is 0 Å². The van der Waals surface area contributed by atoms with Crippen molar-refractivity contribution in [1.82, 2.24) is 14.5 Å². The molecule has 2 atom stereocenters. The number of hydrogen-bond acceptors (Lipinski definition) is 7. The highest BCUT2D eigenvalue weighted by molar-refractivity contribution is 7.89. The van der Waals surface area contributed by atoms with Crippen molar-refractivity contribution in [3.63, 3.8) is 0 Å². The lowest BCUT2D eigenvalue weighted by Gasteiger charge is -2.41. The third kappa shape index (κ3) is 9.56. The van der Waals surface area contributed by atoms with Crippen molar-refractivity contribution in [3.05, 3.63) is 90.0 Å². The molecule has 2 heterocycles. The molecule has 0 radical (unpaired) electrons. The van der Waals surface area contributed by atoms with Crippen LogP contribution >= 0.6 is 11.6 Å². The number of carbonyl (C=O) groups is 2. The lowest BCUT2D eigenvalue weighted by atomic mass is 9.98. The van der Waals surface area contributed by atoms with E-state index >= 15 is 0 Å². The second-order valence-electron chi connectivity index (χ2n) is 15.9. The molecule has 0 aromatic heterocycles. The van der Waals surface area contributed by atoms with Crippen molar-refractivity contribution in [1.29, 1.82) is 0 Å². The van der Waals surface area contributed by atoms with Crippen LogP contribution in [0.15, 0.2) is 89.8 Å². The highest BCUT2D eigenvalue weighted by atomic mass is 35.5. The first-order valence-electron chi connectivity index (χ1n) is 19.3. The summed E-state index contributed by atoms with van der Waals surface area (Å²) in [6.07, 6.45) is 5.47. The summed E-state index contributed by atoms with van der Waals surface area (Å²) in [7, 11) is -4.08. The summed E-state index contributed by atoms with van der Waals surface area (Å²) < 4.78 is 48.4. The number of halogens is 1. The maximum atomic E-state index is 14.5. The molecule has 2 saturated heterocycles. The Morgan fingerprint density at radius 2 is 1.33 bits per heavy atom. The quantitative estimate of drug-likeness (QED) is 0.181. The van der Waals surface area contributed by atoms with Gasteiger partial charge >= 0.3 is 6.09 Å². The van der Waals surface area contributed by atoms with Crippen LogP contribution in [-0.2, 0) is 19.6 Å². The largest absolute Gasteiger partial charge is 0.490 e. The van der Waals surface area contributed by atoms with Crippen LogP contribution in [0.5, 0.6) is 11.5 Å². The fraction of sp³-hybridized carbons (Fsp3) is 0.442. The molecule has 3 aliphatic rings. The number of nitrogens with zero attached hydrogens (tertiary/aromatic N) is 2. The molecule has 55 heavy (non-hydrogen) atoms. The Hall–Kier alpha value is -4.32. The lowest BCUT2D eigenvalue weighted by Crippen LogP contribution is -2.58. The molecular formula is C43H50ClN3O7S. The first-order valence-corrected chi connectivity index (χ1v) is 21.2. The highest BCUT2D eigenvalue weighted by Crippen LogP contribution is 2.33. The number of alkyl carbamates (subject to hydrolysis) is 1. The Morgan fingerprint density at radius 3 is 2.00 bits per heavy atom. The van der Waals surface area contributed by atoms with E-state index in [2.05, 4.69) is 5.32 Å². The molecule has 2 amide bonds. The standard InChI is InChI=1S/C43H50ClN3O7S/c1-43(2,3)54-42(49)45-34-20-23-46(24-21-34)41(48)40-28-38(53-36-16-10-30(11-17-36)29-8-14-33(44)15-9-29)22-25-47(40)55(50,51)39-19-13-31-26-37(18-12-32(31)27-39)52-35-6-4-5-7-35/h8-19,26-27,34-35,38,40H,4-7,20-25,28H2,1-3H3,(H,45,49)/t38-,40-/m1/s1. The molecule has 0 spiro atoms. The van der Waals surface area contributed by atoms with Gasteiger partial charge in [0.05, 0.1) is 11.0 Å². The number of hydrogen-bond donors (Lipinski definition) is 1. The van der Waals surface area contributed by atoms with Crippen LogP contribution in [0.4, 0.5) is 4.79 Å². The third-order valence-corrected chi connectivity index (χ3v) is 12.8. The van der Waals surface area contributed by atoms with Gasteiger partial charge < -0.3 is 24.4 Å². The van der Waals surface area contributed by atoms with E-state index in [9.17, 15) is 18.0 Å². The predicted molar refractivity (Wildman–Crippen MR) is 214 cm³/mol. The lowest BCUT2D eigenvalue weighted by molar-refractivity contribution is -0.138. The molecule has 1 aliphatic carbocycles. The number of carbonyl (C=O) groups excluding carboxylic acids is 2. The van der Waals surface area contributed by atoms with Gasteiger partial charge in [0, 0.05) is 37.1 Å². The molecule has 1 N–H and O–H groups in total. The van der Waals surface area contributed by atoms with Gasteiger partial charge in [0.25, 0.3) is 0 Å². The summed E-state index contributed by atoms with van der Waals surface area (Å²) in [4.78, 5) is 28.7. The van der Waals surface area contributed by atoms with Crippen molar-refractivity contribution < 1.29 is 32.2 Å². The Balaban J connectivity index is 1.08. The van der Waals surface area contributed by atoms with E-state index in [1.807, 2.05) is 93.6 Å². The minimum absolute atomic E-state index is 0.120. The number of piperidine rings is 2. The molecule has 292 valence electrons. The van der Waals surface area contributed by atoms with Gasteiger partial charge in [-0.3, -0.25) is 4.79 Å². The number of ether oxygens (including phenoxy) is 3. The SMILES string of the molecule is CC(C)(C)OC(=O)NC1CCN(C(=O)[C@H]2C[C@H](Oc3ccc(-c4ccc(Cl)cc4)cc3)CCN2S(=O)(=O)c2ccc3cc(OC4CCCC4)ccc3c2)CC1. The topological polar surface area (TPSA) is 114 Å². The van der Waals surface area contributed by atoms with Gasteiger partial charge in [-0.2, -0.15) is 4.31 Å². The van der Waals surface area contributed by atoms with E-state index in [-0.39, 0.29) is 42.0 Å². The molecule has 3 fully saturated rings. The van der Waals surface area contributed by atoms with Crippen LogP contribution in [-0.4, -0.2) is 79.2 Å². The van der Waals surface area contributed by atoms with Gasteiger partial charge in [-0.05, 0) is 136 Å². The van der Waals surface area contributed by atoms with E-state index in [1.165, 1.54) is 17.1 Å².